The Labute approximate surface area is 133 Å². The van der Waals surface area contributed by atoms with Crippen LogP contribution in [0.2, 0.25) is 0 Å². The first kappa shape index (κ1) is 14.8. The Morgan fingerprint density at radius 3 is 2.42 bits per heavy atom. The highest BCUT2D eigenvalue weighted by atomic mass is 79.9. The van der Waals surface area contributed by atoms with Gasteiger partial charge in [-0.1, -0.05) is 28.1 Å². The van der Waals surface area contributed by atoms with Crippen molar-refractivity contribution in [2.24, 2.45) is 0 Å². The van der Waals surface area contributed by atoms with Gasteiger partial charge in [-0.3, -0.25) is 4.79 Å². The van der Waals surface area contributed by atoms with Gasteiger partial charge in [0.25, 0.3) is 5.91 Å². The Morgan fingerprint density at radius 2 is 1.89 bits per heavy atom. The third kappa shape index (κ3) is 3.68. The second kappa shape index (κ2) is 6.20. The van der Waals surface area contributed by atoms with Crippen molar-refractivity contribution in [2.75, 3.05) is 7.05 Å². The molecule has 0 N–H and O–H groups in total. The number of hydrogen-bond acceptors (Lipinski definition) is 2. The number of carbonyl (C=O) groups is 1. The topological polar surface area (TPSA) is 20.3 Å². The summed E-state index contributed by atoms with van der Waals surface area (Å²) in [6.07, 6.45) is 0. The number of carbonyl (C=O) groups excluding carboxylic acids is 1. The summed E-state index contributed by atoms with van der Waals surface area (Å²) >= 11 is 8.34. The summed E-state index contributed by atoms with van der Waals surface area (Å²) in [5, 5.41) is 0. The Kier molecular flexibility index (Phi) is 4.81. The molecule has 100 valence electrons. The van der Waals surface area contributed by atoms with Crippen molar-refractivity contribution in [1.29, 1.82) is 0 Å². The molecule has 1 amide bonds. The highest BCUT2D eigenvalue weighted by Crippen LogP contribution is 2.28. The number of amides is 1. The van der Waals surface area contributed by atoms with E-state index in [0.717, 1.165) is 24.3 Å². The molecule has 5 heteroatoms. The standard InChI is InChI=1S/C14H13Br2NOS/c1-9-7-12(19-13(9)16)14(18)17(2)8-10-3-5-11(15)6-4-10/h3-7H,8H2,1-2H3. The van der Waals surface area contributed by atoms with Gasteiger partial charge in [-0.2, -0.15) is 0 Å². The molecule has 0 spiro atoms. The van der Waals surface area contributed by atoms with Gasteiger partial charge in [0.1, 0.15) is 0 Å². The maximum Gasteiger partial charge on any atom is 0.264 e. The zero-order valence-corrected chi connectivity index (χ0v) is 14.6. The molecular formula is C14H13Br2NOS. The van der Waals surface area contributed by atoms with Crippen molar-refractivity contribution in [1.82, 2.24) is 4.90 Å². The number of benzene rings is 1. The first-order valence-corrected chi connectivity index (χ1v) is 8.13. The van der Waals surface area contributed by atoms with Gasteiger partial charge in [0.05, 0.1) is 8.66 Å². The number of aryl methyl sites for hydroxylation is 1. The highest BCUT2D eigenvalue weighted by Gasteiger charge is 2.15. The monoisotopic (exact) mass is 401 g/mol. The van der Waals surface area contributed by atoms with Gasteiger partial charge >= 0.3 is 0 Å². The second-order valence-electron chi connectivity index (χ2n) is 4.36. The lowest BCUT2D eigenvalue weighted by atomic mass is 10.2. The molecule has 0 saturated heterocycles. The number of nitrogens with zero attached hydrogens (tertiary/aromatic N) is 1. The zero-order valence-electron chi connectivity index (χ0n) is 10.6. The largest absolute Gasteiger partial charge is 0.337 e. The third-order valence-corrected chi connectivity index (χ3v) is 5.40. The summed E-state index contributed by atoms with van der Waals surface area (Å²) in [5.41, 5.74) is 2.22. The first-order valence-electron chi connectivity index (χ1n) is 5.73. The van der Waals surface area contributed by atoms with Crippen LogP contribution in [-0.2, 0) is 6.54 Å². The van der Waals surface area contributed by atoms with Crippen molar-refractivity contribution in [2.45, 2.75) is 13.5 Å². The number of rotatable bonds is 3. The van der Waals surface area contributed by atoms with Crippen LogP contribution in [0.5, 0.6) is 0 Å². The Balaban J connectivity index is 2.09. The number of thiophene rings is 1. The van der Waals surface area contributed by atoms with Crippen LogP contribution in [0.1, 0.15) is 20.8 Å². The molecule has 0 aliphatic heterocycles. The fraction of sp³-hybridized carbons (Fsp3) is 0.214. The molecule has 2 rings (SSSR count). The van der Waals surface area contributed by atoms with Crippen molar-refractivity contribution in [3.8, 4) is 0 Å². The molecule has 0 aliphatic carbocycles. The van der Waals surface area contributed by atoms with Crippen LogP contribution >= 0.6 is 43.2 Å². The number of hydrogen-bond donors (Lipinski definition) is 0. The minimum atomic E-state index is 0.0571. The van der Waals surface area contributed by atoms with Gasteiger partial charge in [-0.05, 0) is 52.2 Å². The van der Waals surface area contributed by atoms with Crippen LogP contribution < -0.4 is 0 Å². The van der Waals surface area contributed by atoms with E-state index in [1.165, 1.54) is 11.3 Å². The lowest BCUT2D eigenvalue weighted by Gasteiger charge is -2.16. The zero-order chi connectivity index (χ0) is 14.0. The maximum absolute atomic E-state index is 12.3. The first-order chi connectivity index (χ1) is 8.97. The molecule has 0 saturated carbocycles. The highest BCUT2D eigenvalue weighted by molar-refractivity contribution is 9.11. The van der Waals surface area contributed by atoms with Gasteiger partial charge in [0.2, 0.25) is 0 Å². The van der Waals surface area contributed by atoms with Crippen molar-refractivity contribution < 1.29 is 4.79 Å². The van der Waals surface area contributed by atoms with Crippen LogP contribution in [0.25, 0.3) is 0 Å². The van der Waals surface area contributed by atoms with E-state index >= 15 is 0 Å². The van der Waals surface area contributed by atoms with Gasteiger partial charge in [0.15, 0.2) is 0 Å². The molecule has 2 nitrogen and oxygen atoms in total. The maximum atomic E-state index is 12.3. The molecule has 19 heavy (non-hydrogen) atoms. The van der Waals surface area contributed by atoms with E-state index in [9.17, 15) is 4.79 Å². The van der Waals surface area contributed by atoms with E-state index in [-0.39, 0.29) is 5.91 Å². The van der Waals surface area contributed by atoms with Crippen LogP contribution in [0.15, 0.2) is 38.6 Å². The van der Waals surface area contributed by atoms with Crippen molar-refractivity contribution in [3.05, 3.63) is 54.6 Å². The smallest absolute Gasteiger partial charge is 0.264 e. The van der Waals surface area contributed by atoms with Crippen LogP contribution in [-0.4, -0.2) is 17.9 Å². The average Bonchev–Trinajstić information content (AvgIpc) is 2.71. The summed E-state index contributed by atoms with van der Waals surface area (Å²) in [6.45, 7) is 2.60. The molecular weight excluding hydrogens is 390 g/mol. The van der Waals surface area contributed by atoms with E-state index in [0.29, 0.717) is 6.54 Å². The molecule has 2 aromatic rings. The van der Waals surface area contributed by atoms with E-state index in [4.69, 9.17) is 0 Å². The van der Waals surface area contributed by atoms with E-state index < -0.39 is 0 Å². The lowest BCUT2D eigenvalue weighted by molar-refractivity contribution is 0.0790. The normalized spacial score (nSPS) is 10.5. The van der Waals surface area contributed by atoms with Crippen molar-refractivity contribution in [3.63, 3.8) is 0 Å². The van der Waals surface area contributed by atoms with Gasteiger partial charge < -0.3 is 4.90 Å². The predicted molar refractivity (Wildman–Crippen MR) is 86.7 cm³/mol. The fourth-order valence-corrected chi connectivity index (χ4v) is 3.48. The molecule has 1 heterocycles. The molecule has 0 fully saturated rings. The predicted octanol–water partition coefficient (Wildman–Crippen LogP) is 4.85. The molecule has 1 aromatic heterocycles. The van der Waals surface area contributed by atoms with Crippen LogP contribution in [0.3, 0.4) is 0 Å². The van der Waals surface area contributed by atoms with Crippen molar-refractivity contribution >= 4 is 49.1 Å². The summed E-state index contributed by atoms with van der Waals surface area (Å²) in [4.78, 5) is 14.8. The summed E-state index contributed by atoms with van der Waals surface area (Å²) in [7, 11) is 1.83. The Hall–Kier alpha value is -0.650. The molecule has 0 unspecified atom stereocenters. The molecule has 0 atom stereocenters. The molecule has 1 aromatic carbocycles. The summed E-state index contributed by atoms with van der Waals surface area (Å²) in [6, 6.07) is 9.93. The third-order valence-electron chi connectivity index (χ3n) is 2.75. The van der Waals surface area contributed by atoms with Gasteiger partial charge in [-0.15, -0.1) is 11.3 Å². The van der Waals surface area contributed by atoms with E-state index in [1.54, 1.807) is 4.90 Å². The fourth-order valence-electron chi connectivity index (χ4n) is 1.69. The minimum absolute atomic E-state index is 0.0571. The molecule has 0 radical (unpaired) electrons. The quantitative estimate of drug-likeness (QED) is 0.718. The lowest BCUT2D eigenvalue weighted by Crippen LogP contribution is -2.25. The minimum Gasteiger partial charge on any atom is -0.337 e. The van der Waals surface area contributed by atoms with Gasteiger partial charge in [-0.25, -0.2) is 0 Å². The van der Waals surface area contributed by atoms with Crippen LogP contribution in [0, 0.1) is 6.92 Å². The Bertz CT molecular complexity index is 572. The van der Waals surface area contributed by atoms with Crippen LogP contribution in [0.4, 0.5) is 0 Å². The average molecular weight is 403 g/mol. The van der Waals surface area contributed by atoms with E-state index in [2.05, 4.69) is 31.9 Å². The summed E-state index contributed by atoms with van der Waals surface area (Å²) < 4.78 is 2.07. The Morgan fingerprint density at radius 1 is 1.26 bits per heavy atom. The second-order valence-corrected chi connectivity index (χ2v) is 7.64. The number of halogens is 2. The SMILES string of the molecule is Cc1cc(C(=O)N(C)Cc2ccc(Br)cc2)sc1Br. The summed E-state index contributed by atoms with van der Waals surface area (Å²) in [5.74, 6) is 0.0571. The molecule has 0 aliphatic rings. The molecule has 0 bridgehead atoms. The van der Waals surface area contributed by atoms with E-state index in [1.807, 2.05) is 44.3 Å². The van der Waals surface area contributed by atoms with Gasteiger partial charge in [0, 0.05) is 18.1 Å².